The molecule has 2 nitrogen and oxygen atoms in total. The SMILES string of the molecule is c1c[nH]c(-c2cccc3cccc(-c4ccc[nH]4)c23)c1. The molecule has 0 unspecified atom stereocenters. The maximum atomic E-state index is 3.31. The molecule has 0 saturated carbocycles. The molecule has 0 aliphatic heterocycles. The Morgan fingerprint density at radius 1 is 0.550 bits per heavy atom. The van der Waals surface area contributed by atoms with Crippen molar-refractivity contribution < 1.29 is 0 Å². The van der Waals surface area contributed by atoms with Gasteiger partial charge in [-0.25, -0.2) is 0 Å². The Morgan fingerprint density at radius 2 is 1.10 bits per heavy atom. The third-order valence-electron chi connectivity index (χ3n) is 3.68. The number of hydrogen-bond donors (Lipinski definition) is 2. The van der Waals surface area contributed by atoms with Gasteiger partial charge < -0.3 is 9.97 Å². The van der Waals surface area contributed by atoms with Gasteiger partial charge in [-0.05, 0) is 29.7 Å². The number of fused-ring (bicyclic) bond motifs is 1. The predicted molar refractivity (Wildman–Crippen MR) is 83.5 cm³/mol. The van der Waals surface area contributed by atoms with Crippen LogP contribution in [0.3, 0.4) is 0 Å². The standard InChI is InChI=1S/C18H14N2/c1-5-13-6-2-8-15(17-10-4-12-20-17)18(13)14(7-1)16-9-3-11-19-16/h1-12,19-20H. The fraction of sp³-hybridized carbons (Fsp3) is 0. The van der Waals surface area contributed by atoms with Gasteiger partial charge in [0.05, 0.1) is 0 Å². The largest absolute Gasteiger partial charge is 0.361 e. The first-order valence-corrected chi connectivity index (χ1v) is 6.73. The molecule has 0 atom stereocenters. The Balaban J connectivity index is 2.11. The van der Waals surface area contributed by atoms with Gasteiger partial charge in [-0.2, -0.15) is 0 Å². The Kier molecular flexibility index (Phi) is 2.46. The Morgan fingerprint density at radius 3 is 1.55 bits per heavy atom. The van der Waals surface area contributed by atoms with Crippen LogP contribution >= 0.6 is 0 Å². The molecular formula is C18H14N2. The van der Waals surface area contributed by atoms with Crippen molar-refractivity contribution in [2.24, 2.45) is 0 Å². The second kappa shape index (κ2) is 4.42. The van der Waals surface area contributed by atoms with Gasteiger partial charge in [-0.15, -0.1) is 0 Å². The molecule has 4 aromatic rings. The molecule has 2 N–H and O–H groups in total. The van der Waals surface area contributed by atoms with E-state index in [0.29, 0.717) is 0 Å². The first-order valence-electron chi connectivity index (χ1n) is 6.73. The lowest BCUT2D eigenvalue weighted by molar-refractivity contribution is 1.40. The van der Waals surface area contributed by atoms with E-state index in [0.717, 1.165) is 11.4 Å². The number of rotatable bonds is 2. The van der Waals surface area contributed by atoms with Crippen LogP contribution in [0.1, 0.15) is 0 Å². The van der Waals surface area contributed by atoms with Crippen LogP contribution in [0.4, 0.5) is 0 Å². The predicted octanol–water partition coefficient (Wildman–Crippen LogP) is 4.83. The molecule has 2 heterocycles. The summed E-state index contributed by atoms with van der Waals surface area (Å²) in [6.45, 7) is 0. The molecule has 2 aromatic heterocycles. The fourth-order valence-electron chi connectivity index (χ4n) is 2.79. The van der Waals surface area contributed by atoms with E-state index in [1.807, 2.05) is 24.5 Å². The third kappa shape index (κ3) is 1.66. The van der Waals surface area contributed by atoms with E-state index in [9.17, 15) is 0 Å². The van der Waals surface area contributed by atoms with E-state index < -0.39 is 0 Å². The molecule has 0 bridgehead atoms. The molecule has 96 valence electrons. The number of nitrogens with one attached hydrogen (secondary N) is 2. The highest BCUT2D eigenvalue weighted by atomic mass is 14.7. The van der Waals surface area contributed by atoms with Gasteiger partial charge >= 0.3 is 0 Å². The molecule has 0 spiro atoms. The summed E-state index contributed by atoms with van der Waals surface area (Å²) in [5, 5.41) is 2.53. The van der Waals surface area contributed by atoms with Crippen LogP contribution in [0, 0.1) is 0 Å². The molecule has 0 aliphatic carbocycles. The molecule has 0 saturated heterocycles. The zero-order valence-electron chi connectivity index (χ0n) is 10.9. The van der Waals surface area contributed by atoms with E-state index in [4.69, 9.17) is 0 Å². The average Bonchev–Trinajstić information content (AvgIpc) is 3.19. The van der Waals surface area contributed by atoms with E-state index in [1.54, 1.807) is 0 Å². The normalized spacial score (nSPS) is 11.0. The molecule has 0 aliphatic rings. The Hall–Kier alpha value is -2.74. The van der Waals surface area contributed by atoms with Crippen LogP contribution < -0.4 is 0 Å². The van der Waals surface area contributed by atoms with Crippen LogP contribution in [0.2, 0.25) is 0 Å². The minimum absolute atomic E-state index is 1.15. The van der Waals surface area contributed by atoms with Crippen molar-refractivity contribution in [1.29, 1.82) is 0 Å². The van der Waals surface area contributed by atoms with Crippen LogP contribution in [-0.4, -0.2) is 9.97 Å². The second-order valence-electron chi connectivity index (χ2n) is 4.88. The molecule has 4 rings (SSSR count). The van der Waals surface area contributed by atoms with Crippen molar-refractivity contribution >= 4 is 10.8 Å². The number of benzene rings is 2. The summed E-state index contributed by atoms with van der Waals surface area (Å²) in [5.41, 5.74) is 4.76. The highest BCUT2D eigenvalue weighted by Crippen LogP contribution is 2.35. The molecule has 2 heteroatoms. The summed E-state index contributed by atoms with van der Waals surface area (Å²) in [5.74, 6) is 0. The molecule has 0 radical (unpaired) electrons. The number of aromatic nitrogens is 2. The lowest BCUT2D eigenvalue weighted by Crippen LogP contribution is -1.86. The van der Waals surface area contributed by atoms with E-state index in [1.165, 1.54) is 21.9 Å². The zero-order valence-corrected chi connectivity index (χ0v) is 10.9. The van der Waals surface area contributed by atoms with Crippen LogP contribution in [0.5, 0.6) is 0 Å². The van der Waals surface area contributed by atoms with Gasteiger partial charge in [0.15, 0.2) is 0 Å². The van der Waals surface area contributed by atoms with Crippen molar-refractivity contribution in [3.8, 4) is 22.5 Å². The topological polar surface area (TPSA) is 31.6 Å². The van der Waals surface area contributed by atoms with Crippen molar-refractivity contribution in [1.82, 2.24) is 9.97 Å². The van der Waals surface area contributed by atoms with E-state index in [-0.39, 0.29) is 0 Å². The first-order chi connectivity index (χ1) is 9.93. The molecule has 2 aromatic carbocycles. The minimum atomic E-state index is 1.15. The van der Waals surface area contributed by atoms with Gasteiger partial charge in [-0.3, -0.25) is 0 Å². The van der Waals surface area contributed by atoms with Gasteiger partial charge in [0.2, 0.25) is 0 Å². The second-order valence-corrected chi connectivity index (χ2v) is 4.88. The minimum Gasteiger partial charge on any atom is -0.361 e. The maximum Gasteiger partial charge on any atom is 0.0460 e. The lowest BCUT2D eigenvalue weighted by atomic mass is 9.96. The van der Waals surface area contributed by atoms with Crippen LogP contribution in [0.25, 0.3) is 33.3 Å². The van der Waals surface area contributed by atoms with Crippen LogP contribution in [0.15, 0.2) is 73.1 Å². The summed E-state index contributed by atoms with van der Waals surface area (Å²) < 4.78 is 0. The fourth-order valence-corrected chi connectivity index (χ4v) is 2.79. The van der Waals surface area contributed by atoms with Gasteiger partial charge in [0.1, 0.15) is 0 Å². The van der Waals surface area contributed by atoms with E-state index in [2.05, 4.69) is 58.5 Å². The van der Waals surface area contributed by atoms with Gasteiger partial charge in [0, 0.05) is 40.3 Å². The molecule has 0 amide bonds. The number of hydrogen-bond acceptors (Lipinski definition) is 0. The van der Waals surface area contributed by atoms with Crippen molar-refractivity contribution in [2.45, 2.75) is 0 Å². The summed E-state index contributed by atoms with van der Waals surface area (Å²) in [6.07, 6.45) is 3.93. The van der Waals surface area contributed by atoms with Crippen molar-refractivity contribution in [3.63, 3.8) is 0 Å². The highest BCUT2D eigenvalue weighted by molar-refractivity contribution is 6.05. The summed E-state index contributed by atoms with van der Waals surface area (Å²) in [6, 6.07) is 21.2. The Labute approximate surface area is 117 Å². The average molecular weight is 258 g/mol. The molecule has 0 fully saturated rings. The van der Waals surface area contributed by atoms with Gasteiger partial charge in [0.25, 0.3) is 0 Å². The quantitative estimate of drug-likeness (QED) is 0.516. The Bertz CT molecular complexity index is 771. The van der Waals surface area contributed by atoms with E-state index >= 15 is 0 Å². The van der Waals surface area contributed by atoms with Gasteiger partial charge in [-0.1, -0.05) is 36.4 Å². The first kappa shape index (κ1) is 11.1. The lowest BCUT2D eigenvalue weighted by Gasteiger charge is -2.10. The van der Waals surface area contributed by atoms with Crippen LogP contribution in [-0.2, 0) is 0 Å². The summed E-state index contributed by atoms with van der Waals surface area (Å²) >= 11 is 0. The van der Waals surface area contributed by atoms with Crippen molar-refractivity contribution in [2.75, 3.05) is 0 Å². The van der Waals surface area contributed by atoms with Crippen molar-refractivity contribution in [3.05, 3.63) is 73.1 Å². The zero-order chi connectivity index (χ0) is 13.4. The third-order valence-corrected chi connectivity index (χ3v) is 3.68. The maximum absolute atomic E-state index is 3.31. The number of H-pyrrole nitrogens is 2. The summed E-state index contributed by atoms with van der Waals surface area (Å²) in [7, 11) is 0. The molecule has 20 heavy (non-hydrogen) atoms. The smallest absolute Gasteiger partial charge is 0.0460 e. The highest BCUT2D eigenvalue weighted by Gasteiger charge is 2.10. The summed E-state index contributed by atoms with van der Waals surface area (Å²) in [4.78, 5) is 6.62. The monoisotopic (exact) mass is 258 g/mol. The molecular weight excluding hydrogens is 244 g/mol. The number of aromatic amines is 2.